The lowest BCUT2D eigenvalue weighted by Crippen LogP contribution is -2.28. The van der Waals surface area contributed by atoms with E-state index in [1.165, 1.54) is 40.9 Å². The maximum Gasteiger partial charge on any atom is 0.270 e. The van der Waals surface area contributed by atoms with E-state index in [-0.39, 0.29) is 11.5 Å². The van der Waals surface area contributed by atoms with Crippen molar-refractivity contribution in [2.75, 3.05) is 4.90 Å². The van der Waals surface area contributed by atoms with Crippen LogP contribution in [0, 0.1) is 6.92 Å². The second-order valence-corrected chi connectivity index (χ2v) is 6.48. The highest BCUT2D eigenvalue weighted by molar-refractivity contribution is 8.27. The predicted octanol–water partition coefficient (Wildman–Crippen LogP) is 2.36. The molecule has 0 atom stereocenters. The van der Waals surface area contributed by atoms with Gasteiger partial charge in [0.1, 0.15) is 11.5 Å². The standard InChI is InChI=1S/C16H11NO4S2/c1-9-2-7-12(21-9)8-13-14(18)17(16(22)23-13)11-5-3-10(4-6-11)15(19)20/h2-8H,1H3,(H,19,20)/p-1/b13-8+. The normalized spacial score (nSPS) is 16.4. The van der Waals surface area contributed by atoms with Gasteiger partial charge in [-0.15, -0.1) is 0 Å². The monoisotopic (exact) mass is 344 g/mol. The number of hydrogen-bond donors (Lipinski definition) is 0. The van der Waals surface area contributed by atoms with Crippen LogP contribution in [0.1, 0.15) is 21.9 Å². The molecule has 2 aromatic rings. The van der Waals surface area contributed by atoms with Gasteiger partial charge in [0, 0.05) is 6.08 Å². The Balaban J connectivity index is 1.89. The second-order valence-electron chi connectivity index (χ2n) is 4.80. The molecule has 116 valence electrons. The van der Waals surface area contributed by atoms with Crippen molar-refractivity contribution in [3.05, 3.63) is 58.4 Å². The van der Waals surface area contributed by atoms with Gasteiger partial charge >= 0.3 is 0 Å². The molecule has 1 saturated heterocycles. The molecule has 0 bridgehead atoms. The van der Waals surface area contributed by atoms with Crippen molar-refractivity contribution in [1.82, 2.24) is 0 Å². The molecule has 0 unspecified atom stereocenters. The molecule has 1 amide bonds. The van der Waals surface area contributed by atoms with E-state index in [2.05, 4.69) is 0 Å². The van der Waals surface area contributed by atoms with E-state index >= 15 is 0 Å². The van der Waals surface area contributed by atoms with E-state index < -0.39 is 5.97 Å². The van der Waals surface area contributed by atoms with Gasteiger partial charge in [0.25, 0.3) is 5.91 Å². The van der Waals surface area contributed by atoms with Crippen LogP contribution in [0.25, 0.3) is 6.08 Å². The highest BCUT2D eigenvalue weighted by Gasteiger charge is 2.33. The molecule has 0 aliphatic carbocycles. The Morgan fingerprint density at radius 2 is 1.96 bits per heavy atom. The molecule has 1 fully saturated rings. The number of furan rings is 1. The average Bonchev–Trinajstić information content (AvgIpc) is 3.03. The van der Waals surface area contributed by atoms with Gasteiger partial charge in [-0.05, 0) is 36.8 Å². The number of aryl methyl sites for hydroxylation is 1. The Kier molecular flexibility index (Phi) is 4.06. The quantitative estimate of drug-likeness (QED) is 0.629. The van der Waals surface area contributed by atoms with Crippen LogP contribution in [0.15, 0.2) is 45.7 Å². The average molecular weight is 344 g/mol. The molecular weight excluding hydrogens is 334 g/mol. The third-order valence-corrected chi connectivity index (χ3v) is 4.49. The molecule has 0 spiro atoms. The Bertz CT molecular complexity index is 836. The fourth-order valence-corrected chi connectivity index (χ4v) is 3.38. The molecule has 0 saturated carbocycles. The summed E-state index contributed by atoms with van der Waals surface area (Å²) in [6.45, 7) is 1.82. The third kappa shape index (κ3) is 3.06. The smallest absolute Gasteiger partial charge is 0.270 e. The van der Waals surface area contributed by atoms with Gasteiger partial charge in [-0.3, -0.25) is 9.69 Å². The molecule has 0 N–H and O–H groups in total. The van der Waals surface area contributed by atoms with Gasteiger partial charge in [-0.1, -0.05) is 36.1 Å². The van der Waals surface area contributed by atoms with Gasteiger partial charge in [-0.25, -0.2) is 0 Å². The summed E-state index contributed by atoms with van der Waals surface area (Å²) in [5, 5.41) is 10.8. The van der Waals surface area contributed by atoms with Gasteiger partial charge in [0.2, 0.25) is 0 Å². The summed E-state index contributed by atoms with van der Waals surface area (Å²) in [4.78, 5) is 25.1. The van der Waals surface area contributed by atoms with Crippen molar-refractivity contribution in [2.24, 2.45) is 0 Å². The summed E-state index contributed by atoms with van der Waals surface area (Å²) in [6.07, 6.45) is 1.64. The zero-order valence-electron chi connectivity index (χ0n) is 11.9. The maximum atomic E-state index is 12.5. The SMILES string of the molecule is Cc1ccc(/C=C2/SC(=S)N(c3ccc(C(=O)[O-])cc3)C2=O)o1. The molecule has 1 aromatic carbocycles. The highest BCUT2D eigenvalue weighted by Crippen LogP contribution is 2.36. The fourth-order valence-electron chi connectivity index (χ4n) is 2.10. The molecule has 5 nitrogen and oxygen atoms in total. The number of carboxylic acids is 1. The number of rotatable bonds is 3. The first kappa shape index (κ1) is 15.5. The number of aromatic carboxylic acids is 1. The van der Waals surface area contributed by atoms with E-state index in [9.17, 15) is 14.7 Å². The zero-order chi connectivity index (χ0) is 16.6. The van der Waals surface area contributed by atoms with Crippen LogP contribution in [-0.2, 0) is 4.79 Å². The Morgan fingerprint density at radius 1 is 1.26 bits per heavy atom. The van der Waals surface area contributed by atoms with Crippen LogP contribution in [0.4, 0.5) is 5.69 Å². The van der Waals surface area contributed by atoms with Crippen LogP contribution >= 0.6 is 24.0 Å². The van der Waals surface area contributed by atoms with E-state index in [1.54, 1.807) is 12.1 Å². The number of thiocarbonyl (C=S) groups is 1. The molecule has 1 aliphatic heterocycles. The first-order chi connectivity index (χ1) is 11.0. The summed E-state index contributed by atoms with van der Waals surface area (Å²) in [7, 11) is 0. The maximum absolute atomic E-state index is 12.5. The topological polar surface area (TPSA) is 73.6 Å². The van der Waals surface area contributed by atoms with E-state index in [0.717, 1.165) is 5.76 Å². The number of amides is 1. The predicted molar refractivity (Wildman–Crippen MR) is 89.9 cm³/mol. The van der Waals surface area contributed by atoms with Crippen LogP contribution in [-0.4, -0.2) is 16.2 Å². The highest BCUT2D eigenvalue weighted by atomic mass is 32.2. The number of anilines is 1. The number of carbonyl (C=O) groups excluding carboxylic acids is 2. The summed E-state index contributed by atoms with van der Waals surface area (Å²) in [5.41, 5.74) is 0.553. The third-order valence-electron chi connectivity index (χ3n) is 3.19. The minimum absolute atomic E-state index is 0.0424. The van der Waals surface area contributed by atoms with Crippen LogP contribution < -0.4 is 10.0 Å². The van der Waals surface area contributed by atoms with Crippen molar-refractivity contribution in [2.45, 2.75) is 6.92 Å². The van der Waals surface area contributed by atoms with Crippen LogP contribution in [0.5, 0.6) is 0 Å². The summed E-state index contributed by atoms with van der Waals surface area (Å²) >= 11 is 6.42. The van der Waals surface area contributed by atoms with Crippen molar-refractivity contribution >= 4 is 51.9 Å². The van der Waals surface area contributed by atoms with Crippen molar-refractivity contribution < 1.29 is 19.1 Å². The number of thioether (sulfide) groups is 1. The lowest BCUT2D eigenvalue weighted by atomic mass is 10.2. The Labute approximate surface area is 141 Å². The zero-order valence-corrected chi connectivity index (χ0v) is 13.6. The number of carbonyl (C=O) groups is 2. The minimum atomic E-state index is -1.27. The largest absolute Gasteiger partial charge is 0.545 e. The number of carboxylic acid groups (broad SMARTS) is 1. The Morgan fingerprint density at radius 3 is 2.52 bits per heavy atom. The van der Waals surface area contributed by atoms with Crippen molar-refractivity contribution in [3.8, 4) is 0 Å². The Hall–Kier alpha value is -2.38. The van der Waals surface area contributed by atoms with Gasteiger partial charge < -0.3 is 14.3 Å². The van der Waals surface area contributed by atoms with Crippen LogP contribution in [0.2, 0.25) is 0 Å². The molecule has 0 radical (unpaired) electrons. The molecule has 2 heterocycles. The summed E-state index contributed by atoms with van der Waals surface area (Å²) in [6, 6.07) is 9.39. The van der Waals surface area contributed by atoms with E-state index in [4.69, 9.17) is 16.6 Å². The van der Waals surface area contributed by atoms with Gasteiger partial charge in [0.05, 0.1) is 16.6 Å². The van der Waals surface area contributed by atoms with Gasteiger partial charge in [0.15, 0.2) is 4.32 Å². The lowest BCUT2D eigenvalue weighted by Gasteiger charge is -2.15. The first-order valence-corrected chi connectivity index (χ1v) is 7.84. The lowest BCUT2D eigenvalue weighted by molar-refractivity contribution is -0.255. The molecule has 1 aliphatic rings. The van der Waals surface area contributed by atoms with Crippen molar-refractivity contribution in [3.63, 3.8) is 0 Å². The van der Waals surface area contributed by atoms with Crippen LogP contribution in [0.3, 0.4) is 0 Å². The van der Waals surface area contributed by atoms with E-state index in [0.29, 0.717) is 20.7 Å². The fraction of sp³-hybridized carbons (Fsp3) is 0.0625. The molecular formula is C16H10NO4S2-. The van der Waals surface area contributed by atoms with Gasteiger partial charge in [-0.2, -0.15) is 0 Å². The molecule has 1 aromatic heterocycles. The second kappa shape index (κ2) is 6.02. The number of benzene rings is 1. The summed E-state index contributed by atoms with van der Waals surface area (Å²) in [5.74, 6) is -0.204. The minimum Gasteiger partial charge on any atom is -0.545 e. The van der Waals surface area contributed by atoms with E-state index in [1.807, 2.05) is 13.0 Å². The van der Waals surface area contributed by atoms with Crippen molar-refractivity contribution in [1.29, 1.82) is 0 Å². The first-order valence-electron chi connectivity index (χ1n) is 6.61. The molecule has 23 heavy (non-hydrogen) atoms. The number of hydrogen-bond acceptors (Lipinski definition) is 6. The number of nitrogens with zero attached hydrogens (tertiary/aromatic N) is 1. The molecule has 3 rings (SSSR count). The summed E-state index contributed by atoms with van der Waals surface area (Å²) < 4.78 is 5.82. The molecule has 7 heteroatoms.